The van der Waals surface area contributed by atoms with Crippen LogP contribution in [0.25, 0.3) is 11.3 Å². The zero-order chi connectivity index (χ0) is 24.6. The van der Waals surface area contributed by atoms with E-state index in [1.54, 1.807) is 12.3 Å². The van der Waals surface area contributed by atoms with Gasteiger partial charge >= 0.3 is 5.92 Å². The van der Waals surface area contributed by atoms with Gasteiger partial charge in [0.05, 0.1) is 23.6 Å². The normalized spacial score (nSPS) is 19.7. The van der Waals surface area contributed by atoms with Gasteiger partial charge in [-0.05, 0) is 17.7 Å². The van der Waals surface area contributed by atoms with Gasteiger partial charge in [0.2, 0.25) is 11.7 Å². The quantitative estimate of drug-likeness (QED) is 0.526. The second-order valence-electron chi connectivity index (χ2n) is 8.94. The van der Waals surface area contributed by atoms with Gasteiger partial charge < -0.3 is 15.4 Å². The van der Waals surface area contributed by atoms with Crippen LogP contribution in [0.4, 0.5) is 26.1 Å². The van der Waals surface area contributed by atoms with E-state index in [0.29, 0.717) is 35.0 Å². The highest BCUT2D eigenvalue weighted by Crippen LogP contribution is 2.32. The van der Waals surface area contributed by atoms with Gasteiger partial charge in [-0.2, -0.15) is 8.78 Å². The number of aromatic nitrogens is 4. The third-order valence-electron chi connectivity index (χ3n) is 5.86. The molecule has 3 aromatic heterocycles. The first kappa shape index (κ1) is 23.2. The highest BCUT2D eigenvalue weighted by Gasteiger charge is 2.38. The van der Waals surface area contributed by atoms with Crippen molar-refractivity contribution in [1.29, 1.82) is 0 Å². The van der Waals surface area contributed by atoms with Crippen molar-refractivity contribution in [1.82, 2.24) is 24.8 Å². The van der Waals surface area contributed by atoms with Gasteiger partial charge in [0.15, 0.2) is 0 Å². The molecule has 0 spiro atoms. The van der Waals surface area contributed by atoms with Crippen molar-refractivity contribution in [2.24, 2.45) is 0 Å². The maximum absolute atomic E-state index is 13.7. The number of carbonyl (C=O) groups excluding carboxylic acids is 1. The predicted molar refractivity (Wildman–Crippen MR) is 125 cm³/mol. The van der Waals surface area contributed by atoms with Crippen LogP contribution in [0.5, 0.6) is 0 Å². The number of halogens is 2. The Kier molecular flexibility index (Phi) is 6.12. The summed E-state index contributed by atoms with van der Waals surface area (Å²) >= 11 is 0. The Hall–Kier alpha value is -3.57. The van der Waals surface area contributed by atoms with Crippen LogP contribution in [-0.2, 0) is 22.0 Å². The molecule has 0 aliphatic carbocycles. The van der Waals surface area contributed by atoms with Crippen LogP contribution in [0.1, 0.15) is 31.7 Å². The average Bonchev–Trinajstić information content (AvgIpc) is 2.79. The van der Waals surface area contributed by atoms with Gasteiger partial charge in [-0.1, -0.05) is 6.07 Å². The van der Waals surface area contributed by atoms with Crippen molar-refractivity contribution in [3.8, 4) is 11.3 Å². The number of piperidine rings is 1. The van der Waals surface area contributed by atoms with E-state index in [0.717, 1.165) is 38.5 Å². The molecule has 1 amide bonds. The van der Waals surface area contributed by atoms with Crippen molar-refractivity contribution in [2.75, 3.05) is 23.7 Å². The number of pyridine rings is 2. The van der Waals surface area contributed by atoms with Gasteiger partial charge in [0.25, 0.3) is 0 Å². The SMILES string of the molecule is CC(=O)Nc1cc(Nc2ccnc(C(C)(F)F)n2)c(-c2ccc(CN3C[C@H]4C[C@@H](C3)O4)cn2)cn1. The number of rotatable bonds is 7. The van der Waals surface area contributed by atoms with E-state index in [1.807, 2.05) is 18.3 Å². The number of amides is 1. The number of ether oxygens (including phenoxy) is 1. The lowest BCUT2D eigenvalue weighted by atomic mass is 9.98. The molecule has 2 atom stereocenters. The van der Waals surface area contributed by atoms with Crippen molar-refractivity contribution >= 4 is 23.2 Å². The Labute approximate surface area is 201 Å². The molecular weight excluding hydrogens is 456 g/mol. The molecule has 3 aliphatic heterocycles. The smallest absolute Gasteiger partial charge is 0.303 e. The molecule has 0 saturated carbocycles. The summed E-state index contributed by atoms with van der Waals surface area (Å²) in [6.07, 6.45) is 6.49. The minimum atomic E-state index is -3.18. The molecule has 0 aromatic carbocycles. The van der Waals surface area contributed by atoms with Crippen LogP contribution in [0.2, 0.25) is 0 Å². The second kappa shape index (κ2) is 9.23. The van der Waals surface area contributed by atoms with Crippen LogP contribution in [0.15, 0.2) is 42.9 Å². The molecule has 11 heteroatoms. The summed E-state index contributed by atoms with van der Waals surface area (Å²) in [5.74, 6) is -3.57. The molecule has 182 valence electrons. The highest BCUT2D eigenvalue weighted by molar-refractivity contribution is 5.89. The molecule has 6 rings (SSSR count). The van der Waals surface area contributed by atoms with Crippen LogP contribution in [-0.4, -0.2) is 56.0 Å². The zero-order valence-corrected chi connectivity index (χ0v) is 19.3. The summed E-state index contributed by atoms with van der Waals surface area (Å²) in [5.41, 5.74) is 2.85. The maximum Gasteiger partial charge on any atom is 0.303 e. The fourth-order valence-electron chi connectivity index (χ4n) is 4.29. The van der Waals surface area contributed by atoms with Gasteiger partial charge in [-0.15, -0.1) is 0 Å². The standard InChI is InChI=1S/C24H25F2N7O2/c1-14(34)30-22-8-20(31-21-5-6-27-23(32-21)24(2,25)26)18(10-29-22)19-4-3-15(9-28-19)11-33-12-16-7-17(13-33)35-16/h3-6,8-10,16-17H,7,11-13H2,1-2H3,(H2,27,29,30,31,32,34)/t16-,17+. The van der Waals surface area contributed by atoms with E-state index in [2.05, 4.69) is 35.5 Å². The van der Waals surface area contributed by atoms with Crippen LogP contribution in [0.3, 0.4) is 0 Å². The lowest BCUT2D eigenvalue weighted by molar-refractivity contribution is -0.182. The van der Waals surface area contributed by atoms with E-state index < -0.39 is 11.7 Å². The fraction of sp³-hybridized carbons (Fsp3) is 0.375. The number of fused-ring (bicyclic) bond motifs is 2. The van der Waals surface area contributed by atoms with E-state index in [9.17, 15) is 13.6 Å². The first-order valence-corrected chi connectivity index (χ1v) is 11.3. The Morgan fingerprint density at radius 2 is 1.91 bits per heavy atom. The van der Waals surface area contributed by atoms with E-state index in [1.165, 1.54) is 19.2 Å². The minimum absolute atomic E-state index is 0.181. The monoisotopic (exact) mass is 481 g/mol. The van der Waals surface area contributed by atoms with Crippen molar-refractivity contribution in [3.63, 3.8) is 0 Å². The number of nitrogens with zero attached hydrogens (tertiary/aromatic N) is 5. The van der Waals surface area contributed by atoms with Crippen LogP contribution in [0, 0.1) is 0 Å². The first-order valence-electron chi connectivity index (χ1n) is 11.3. The van der Waals surface area contributed by atoms with Gasteiger partial charge in [-0.3, -0.25) is 14.7 Å². The van der Waals surface area contributed by atoms with E-state index in [-0.39, 0.29) is 11.7 Å². The summed E-state index contributed by atoms with van der Waals surface area (Å²) in [6, 6.07) is 7.00. The largest absolute Gasteiger partial charge is 0.372 e. The molecule has 0 radical (unpaired) electrons. The molecule has 3 aromatic rings. The maximum atomic E-state index is 13.7. The number of morpholine rings is 1. The topological polar surface area (TPSA) is 105 Å². The molecule has 9 nitrogen and oxygen atoms in total. The Morgan fingerprint density at radius 1 is 1.14 bits per heavy atom. The molecule has 0 unspecified atom stereocenters. The number of alkyl halides is 2. The number of carbonyl (C=O) groups is 1. The minimum Gasteiger partial charge on any atom is -0.372 e. The predicted octanol–water partition coefficient (Wildman–Crippen LogP) is 3.72. The second-order valence-corrected chi connectivity index (χ2v) is 8.94. The Bertz CT molecular complexity index is 1220. The van der Waals surface area contributed by atoms with Gasteiger partial charge in [0, 0.05) is 70.1 Å². The summed E-state index contributed by atoms with van der Waals surface area (Å²) in [6.45, 7) is 4.77. The molecule has 3 saturated heterocycles. The molecule has 6 heterocycles. The van der Waals surface area contributed by atoms with Gasteiger partial charge in [0.1, 0.15) is 11.6 Å². The third kappa shape index (κ3) is 5.41. The Balaban J connectivity index is 1.40. The molecule has 2 N–H and O–H groups in total. The number of anilines is 3. The van der Waals surface area contributed by atoms with Crippen molar-refractivity contribution in [3.05, 3.63) is 54.2 Å². The molecule has 3 aliphatic rings. The van der Waals surface area contributed by atoms with E-state index in [4.69, 9.17) is 4.74 Å². The average molecular weight is 482 g/mol. The molecular formula is C24H25F2N7O2. The number of hydrogen-bond acceptors (Lipinski definition) is 8. The van der Waals surface area contributed by atoms with Crippen LogP contribution >= 0.6 is 0 Å². The van der Waals surface area contributed by atoms with Crippen LogP contribution < -0.4 is 10.6 Å². The number of nitrogens with one attached hydrogen (secondary N) is 2. The van der Waals surface area contributed by atoms with Gasteiger partial charge in [-0.25, -0.2) is 15.0 Å². The van der Waals surface area contributed by atoms with Crippen molar-refractivity contribution in [2.45, 2.75) is 44.9 Å². The lowest BCUT2D eigenvalue weighted by Gasteiger charge is -2.47. The summed E-state index contributed by atoms with van der Waals surface area (Å²) in [4.78, 5) is 30.4. The third-order valence-corrected chi connectivity index (χ3v) is 5.86. The first-order chi connectivity index (χ1) is 16.7. The Morgan fingerprint density at radius 3 is 2.57 bits per heavy atom. The summed E-state index contributed by atoms with van der Waals surface area (Å²) < 4.78 is 33.1. The molecule has 3 fully saturated rings. The highest BCUT2D eigenvalue weighted by atomic mass is 19.3. The number of hydrogen-bond donors (Lipinski definition) is 2. The van der Waals surface area contributed by atoms with Crippen molar-refractivity contribution < 1.29 is 18.3 Å². The fourth-order valence-corrected chi connectivity index (χ4v) is 4.29. The molecule has 35 heavy (non-hydrogen) atoms. The summed E-state index contributed by atoms with van der Waals surface area (Å²) in [7, 11) is 0. The molecule has 2 bridgehead atoms. The zero-order valence-electron chi connectivity index (χ0n) is 19.3. The summed E-state index contributed by atoms with van der Waals surface area (Å²) in [5, 5.41) is 5.68. The lowest BCUT2D eigenvalue weighted by Crippen LogP contribution is -2.56. The van der Waals surface area contributed by atoms with E-state index >= 15 is 0 Å².